The molecule has 1 aliphatic rings. The van der Waals surface area contributed by atoms with Gasteiger partial charge >= 0.3 is 0 Å². The number of thiophene rings is 2. The summed E-state index contributed by atoms with van der Waals surface area (Å²) >= 11 is 5.92. The van der Waals surface area contributed by atoms with E-state index in [1.807, 2.05) is 6.08 Å². The van der Waals surface area contributed by atoms with Crippen molar-refractivity contribution in [2.75, 3.05) is 18.4 Å². The van der Waals surface area contributed by atoms with Crippen molar-refractivity contribution >= 4 is 74.1 Å². The SMILES string of the molecule is NCC1CCCC(CNc2nc(C=Cc3ccc(-c4cccs4)s3)nc3ccc(I)cc23)C1. The number of halogens is 1. The van der Waals surface area contributed by atoms with Crippen LogP contribution in [0.5, 0.6) is 0 Å². The molecule has 2 atom stereocenters. The number of aromatic nitrogens is 2. The minimum atomic E-state index is 0.654. The smallest absolute Gasteiger partial charge is 0.155 e. The summed E-state index contributed by atoms with van der Waals surface area (Å²) in [7, 11) is 0. The molecule has 1 aromatic carbocycles. The van der Waals surface area contributed by atoms with Crippen LogP contribution in [-0.2, 0) is 0 Å². The molecule has 4 nitrogen and oxygen atoms in total. The predicted octanol–water partition coefficient (Wildman–Crippen LogP) is 7.37. The van der Waals surface area contributed by atoms with Crippen molar-refractivity contribution in [2.24, 2.45) is 17.6 Å². The molecule has 2 unspecified atom stereocenters. The van der Waals surface area contributed by atoms with Crippen molar-refractivity contribution in [1.29, 1.82) is 0 Å². The van der Waals surface area contributed by atoms with E-state index >= 15 is 0 Å². The molecular weight excluding hydrogens is 559 g/mol. The van der Waals surface area contributed by atoms with Gasteiger partial charge in [0.1, 0.15) is 5.82 Å². The van der Waals surface area contributed by atoms with E-state index in [0.29, 0.717) is 11.8 Å². The van der Waals surface area contributed by atoms with Gasteiger partial charge < -0.3 is 11.1 Å². The summed E-state index contributed by atoms with van der Waals surface area (Å²) in [6.07, 6.45) is 9.17. The molecule has 0 aliphatic heterocycles. The third-order valence-electron chi connectivity index (χ3n) is 6.25. The van der Waals surface area contributed by atoms with Crippen LogP contribution in [0.25, 0.3) is 32.8 Å². The van der Waals surface area contributed by atoms with Gasteiger partial charge in [0.05, 0.1) is 5.52 Å². The van der Waals surface area contributed by atoms with Gasteiger partial charge in [-0.2, -0.15) is 0 Å². The third kappa shape index (κ3) is 5.65. The number of fused-ring (bicyclic) bond motifs is 1. The Balaban J connectivity index is 1.38. The second-order valence-electron chi connectivity index (χ2n) is 8.62. The number of nitrogens with two attached hydrogens (primary N) is 1. The minimum Gasteiger partial charge on any atom is -0.369 e. The summed E-state index contributed by atoms with van der Waals surface area (Å²) in [5.74, 6) is 2.98. The first-order chi connectivity index (χ1) is 16.2. The lowest BCUT2D eigenvalue weighted by molar-refractivity contribution is 0.281. The number of nitrogens with zero attached hydrogens (tertiary/aromatic N) is 2. The normalized spacial score (nSPS) is 18.8. The van der Waals surface area contributed by atoms with Gasteiger partial charge in [0.25, 0.3) is 0 Å². The average molecular weight is 587 g/mol. The van der Waals surface area contributed by atoms with E-state index in [1.54, 1.807) is 22.7 Å². The zero-order valence-corrected chi connectivity index (χ0v) is 22.1. The molecule has 0 bridgehead atoms. The Morgan fingerprint density at radius 3 is 2.82 bits per heavy atom. The summed E-state index contributed by atoms with van der Waals surface area (Å²) in [4.78, 5) is 13.5. The molecule has 5 rings (SSSR count). The molecule has 1 aliphatic carbocycles. The molecule has 0 radical (unpaired) electrons. The predicted molar refractivity (Wildman–Crippen MR) is 152 cm³/mol. The van der Waals surface area contributed by atoms with Crippen molar-refractivity contribution in [3.63, 3.8) is 0 Å². The molecule has 170 valence electrons. The van der Waals surface area contributed by atoms with Crippen LogP contribution >= 0.6 is 45.3 Å². The number of anilines is 1. The summed E-state index contributed by atoms with van der Waals surface area (Å²) in [5, 5.41) is 6.87. The molecule has 3 N–H and O–H groups in total. The van der Waals surface area contributed by atoms with Crippen molar-refractivity contribution < 1.29 is 0 Å². The molecule has 3 aromatic heterocycles. The fraction of sp³-hybridized carbons (Fsp3) is 0.308. The van der Waals surface area contributed by atoms with Crippen LogP contribution < -0.4 is 11.1 Å². The topological polar surface area (TPSA) is 63.8 Å². The Kier molecular flexibility index (Phi) is 7.40. The zero-order chi connectivity index (χ0) is 22.6. The molecular formula is C26H27IN4S2. The molecule has 3 heterocycles. The first-order valence-electron chi connectivity index (χ1n) is 11.4. The van der Waals surface area contributed by atoms with Crippen molar-refractivity contribution in [2.45, 2.75) is 25.7 Å². The Labute approximate surface area is 216 Å². The number of hydrogen-bond acceptors (Lipinski definition) is 6. The van der Waals surface area contributed by atoms with Gasteiger partial charge in [0.2, 0.25) is 0 Å². The van der Waals surface area contributed by atoms with Gasteiger partial charge in [-0.05, 0) is 114 Å². The van der Waals surface area contributed by atoms with Crippen LogP contribution in [0, 0.1) is 15.4 Å². The van der Waals surface area contributed by atoms with Crippen LogP contribution in [0.4, 0.5) is 5.82 Å². The molecule has 0 spiro atoms. The van der Waals surface area contributed by atoms with Gasteiger partial charge in [0, 0.05) is 30.1 Å². The average Bonchev–Trinajstić information content (AvgIpc) is 3.54. The van der Waals surface area contributed by atoms with E-state index in [1.165, 1.54) is 43.9 Å². The molecule has 1 saturated carbocycles. The van der Waals surface area contributed by atoms with Gasteiger partial charge in [-0.1, -0.05) is 12.5 Å². The summed E-state index contributed by atoms with van der Waals surface area (Å²) in [6.45, 7) is 1.74. The van der Waals surface area contributed by atoms with Crippen molar-refractivity contribution in [1.82, 2.24) is 9.97 Å². The highest BCUT2D eigenvalue weighted by Crippen LogP contribution is 2.33. The molecule has 4 aromatic rings. The Bertz CT molecular complexity index is 1250. The van der Waals surface area contributed by atoms with E-state index in [-0.39, 0.29) is 0 Å². The van der Waals surface area contributed by atoms with Crippen LogP contribution in [0.3, 0.4) is 0 Å². The van der Waals surface area contributed by atoms with Gasteiger partial charge in [-0.25, -0.2) is 9.97 Å². The highest BCUT2D eigenvalue weighted by atomic mass is 127. The lowest BCUT2D eigenvalue weighted by Crippen LogP contribution is -2.26. The fourth-order valence-corrected chi connectivity index (χ4v) is 6.76. The third-order valence-corrected chi connectivity index (χ3v) is 9.03. The first kappa shape index (κ1) is 23.0. The van der Waals surface area contributed by atoms with Crippen LogP contribution in [-0.4, -0.2) is 23.1 Å². The zero-order valence-electron chi connectivity index (χ0n) is 18.3. The van der Waals surface area contributed by atoms with Gasteiger partial charge in [0.15, 0.2) is 5.82 Å². The number of nitrogens with one attached hydrogen (secondary N) is 1. The van der Waals surface area contributed by atoms with E-state index in [9.17, 15) is 0 Å². The maximum absolute atomic E-state index is 5.95. The van der Waals surface area contributed by atoms with Gasteiger partial charge in [-0.15, -0.1) is 22.7 Å². The largest absolute Gasteiger partial charge is 0.369 e. The number of rotatable bonds is 7. The highest BCUT2D eigenvalue weighted by molar-refractivity contribution is 14.1. The second kappa shape index (κ2) is 10.6. The molecule has 0 amide bonds. The maximum Gasteiger partial charge on any atom is 0.155 e. The molecule has 1 fully saturated rings. The standard InChI is InChI=1S/C26H27IN4S2/c27-19-6-9-22-21(14-19)26(29-16-18-4-1-3-17(13-18)15-28)31-25(30-22)11-8-20-7-10-24(33-20)23-5-2-12-32-23/h2,5-12,14,17-18H,1,3-4,13,15-16,28H2,(H,29,30,31). The molecule has 0 saturated heterocycles. The highest BCUT2D eigenvalue weighted by Gasteiger charge is 2.21. The Morgan fingerprint density at radius 1 is 1.06 bits per heavy atom. The second-order valence-corrected chi connectivity index (χ2v) is 11.9. The van der Waals surface area contributed by atoms with Gasteiger partial charge in [-0.3, -0.25) is 0 Å². The molecule has 33 heavy (non-hydrogen) atoms. The number of hydrogen-bond donors (Lipinski definition) is 2. The van der Waals surface area contributed by atoms with E-state index in [2.05, 4.69) is 81.8 Å². The van der Waals surface area contributed by atoms with Crippen LogP contribution in [0.1, 0.15) is 36.4 Å². The van der Waals surface area contributed by atoms with E-state index in [0.717, 1.165) is 35.6 Å². The van der Waals surface area contributed by atoms with Crippen LogP contribution in [0.2, 0.25) is 0 Å². The first-order valence-corrected chi connectivity index (χ1v) is 14.2. The number of benzene rings is 1. The molecule has 7 heteroatoms. The minimum absolute atomic E-state index is 0.654. The van der Waals surface area contributed by atoms with E-state index in [4.69, 9.17) is 15.7 Å². The van der Waals surface area contributed by atoms with Crippen LogP contribution in [0.15, 0.2) is 47.8 Å². The quantitative estimate of drug-likeness (QED) is 0.222. The summed E-state index contributed by atoms with van der Waals surface area (Å²) in [5.41, 5.74) is 6.92. The van der Waals surface area contributed by atoms with Crippen molar-refractivity contribution in [3.05, 3.63) is 62.1 Å². The van der Waals surface area contributed by atoms with Crippen molar-refractivity contribution in [3.8, 4) is 9.75 Å². The summed E-state index contributed by atoms with van der Waals surface area (Å²) in [6, 6.07) is 15.0. The maximum atomic E-state index is 5.95. The Hall–Kier alpha value is -1.81. The van der Waals surface area contributed by atoms with E-state index < -0.39 is 0 Å². The lowest BCUT2D eigenvalue weighted by Gasteiger charge is -2.28. The monoisotopic (exact) mass is 586 g/mol. The summed E-state index contributed by atoms with van der Waals surface area (Å²) < 4.78 is 1.19. The Morgan fingerprint density at radius 2 is 1.97 bits per heavy atom. The lowest BCUT2D eigenvalue weighted by atomic mass is 9.81. The fourth-order valence-electron chi connectivity index (χ4n) is 4.52.